The molecule has 0 aliphatic carbocycles. The SMILES string of the molecule is C=C(NN1CCN(Cc2cccc3ccccc23)CC1)c1cccc(Br)c1. The highest BCUT2D eigenvalue weighted by atomic mass is 79.9. The van der Waals surface area contributed by atoms with E-state index in [0.717, 1.165) is 48.5 Å². The van der Waals surface area contributed by atoms with Gasteiger partial charge in [0.05, 0.1) is 0 Å². The third kappa shape index (κ3) is 4.41. The third-order valence-electron chi connectivity index (χ3n) is 5.11. The van der Waals surface area contributed by atoms with Crippen molar-refractivity contribution >= 4 is 32.4 Å². The van der Waals surface area contributed by atoms with Crippen LogP contribution in [0.15, 0.2) is 77.8 Å². The van der Waals surface area contributed by atoms with Gasteiger partial charge < -0.3 is 5.43 Å². The van der Waals surface area contributed by atoms with E-state index in [1.165, 1.54) is 16.3 Å². The zero-order valence-corrected chi connectivity index (χ0v) is 17.0. The van der Waals surface area contributed by atoms with E-state index < -0.39 is 0 Å². The van der Waals surface area contributed by atoms with Crippen LogP contribution in [0.25, 0.3) is 16.5 Å². The molecule has 0 radical (unpaired) electrons. The minimum absolute atomic E-state index is 0.943. The highest BCUT2D eigenvalue weighted by Crippen LogP contribution is 2.21. The first-order valence-corrected chi connectivity index (χ1v) is 10.1. The van der Waals surface area contributed by atoms with Gasteiger partial charge in [0.15, 0.2) is 0 Å². The summed E-state index contributed by atoms with van der Waals surface area (Å²) in [6.07, 6.45) is 0. The van der Waals surface area contributed by atoms with Crippen LogP contribution in [-0.4, -0.2) is 36.1 Å². The Morgan fingerprint density at radius 1 is 0.926 bits per heavy atom. The molecule has 4 heteroatoms. The quantitative estimate of drug-likeness (QED) is 0.632. The molecule has 0 aromatic heterocycles. The second kappa shape index (κ2) is 8.26. The number of piperazine rings is 1. The lowest BCUT2D eigenvalue weighted by Gasteiger charge is -2.35. The molecule has 1 fully saturated rings. The summed E-state index contributed by atoms with van der Waals surface area (Å²) in [5.41, 5.74) is 6.93. The molecule has 1 heterocycles. The summed E-state index contributed by atoms with van der Waals surface area (Å²) in [7, 11) is 0. The maximum Gasteiger partial charge on any atom is 0.0491 e. The number of nitrogens with zero attached hydrogens (tertiary/aromatic N) is 2. The number of halogens is 1. The van der Waals surface area contributed by atoms with Crippen molar-refractivity contribution in [2.24, 2.45) is 0 Å². The van der Waals surface area contributed by atoms with Crippen LogP contribution in [0.3, 0.4) is 0 Å². The van der Waals surface area contributed by atoms with Crippen molar-refractivity contribution in [3.05, 3.63) is 88.9 Å². The zero-order valence-electron chi connectivity index (χ0n) is 15.4. The summed E-state index contributed by atoms with van der Waals surface area (Å²) in [4.78, 5) is 2.53. The number of rotatable bonds is 5. The normalized spacial score (nSPS) is 15.7. The lowest BCUT2D eigenvalue weighted by atomic mass is 10.0. The molecule has 27 heavy (non-hydrogen) atoms. The summed E-state index contributed by atoms with van der Waals surface area (Å²) in [6.45, 7) is 9.25. The van der Waals surface area contributed by atoms with Crippen LogP contribution in [-0.2, 0) is 6.54 Å². The van der Waals surface area contributed by atoms with Crippen molar-refractivity contribution in [2.45, 2.75) is 6.54 Å². The fraction of sp³-hybridized carbons (Fsp3) is 0.217. The smallest absolute Gasteiger partial charge is 0.0491 e. The molecule has 0 spiro atoms. The van der Waals surface area contributed by atoms with Gasteiger partial charge in [0.25, 0.3) is 0 Å². The van der Waals surface area contributed by atoms with Crippen molar-refractivity contribution in [3.8, 4) is 0 Å². The number of fused-ring (bicyclic) bond motifs is 1. The van der Waals surface area contributed by atoms with Crippen molar-refractivity contribution in [1.82, 2.24) is 15.3 Å². The van der Waals surface area contributed by atoms with Gasteiger partial charge >= 0.3 is 0 Å². The number of hydrazine groups is 1. The van der Waals surface area contributed by atoms with Crippen LogP contribution in [0.4, 0.5) is 0 Å². The number of hydrogen-bond acceptors (Lipinski definition) is 3. The van der Waals surface area contributed by atoms with E-state index in [0.29, 0.717) is 0 Å². The molecule has 0 unspecified atom stereocenters. The van der Waals surface area contributed by atoms with E-state index in [4.69, 9.17) is 0 Å². The summed E-state index contributed by atoms with van der Waals surface area (Å²) in [5.74, 6) is 0. The predicted octanol–water partition coefficient (Wildman–Crippen LogP) is 4.90. The molecule has 1 aliphatic heterocycles. The van der Waals surface area contributed by atoms with Crippen LogP contribution >= 0.6 is 15.9 Å². The van der Waals surface area contributed by atoms with Gasteiger partial charge in [0.2, 0.25) is 0 Å². The third-order valence-corrected chi connectivity index (χ3v) is 5.61. The molecule has 4 rings (SSSR count). The standard InChI is InChI=1S/C23H24BrN3/c1-18(20-8-5-10-22(24)16-20)25-27-14-12-26(13-15-27)17-21-9-4-7-19-6-2-3-11-23(19)21/h2-11,16,25H,1,12-15,17H2. The Morgan fingerprint density at radius 2 is 1.67 bits per heavy atom. The molecule has 3 aromatic carbocycles. The zero-order chi connectivity index (χ0) is 18.6. The van der Waals surface area contributed by atoms with Gasteiger partial charge in [-0.2, -0.15) is 0 Å². The van der Waals surface area contributed by atoms with Gasteiger partial charge in [-0.15, -0.1) is 0 Å². The lowest BCUT2D eigenvalue weighted by molar-refractivity contribution is 0.105. The summed E-state index contributed by atoms with van der Waals surface area (Å²) < 4.78 is 1.07. The van der Waals surface area contributed by atoms with E-state index in [9.17, 15) is 0 Å². The number of hydrogen-bond donors (Lipinski definition) is 1. The molecule has 1 N–H and O–H groups in total. The van der Waals surface area contributed by atoms with Crippen LogP contribution in [0.1, 0.15) is 11.1 Å². The summed E-state index contributed by atoms with van der Waals surface area (Å²) >= 11 is 3.52. The first kappa shape index (κ1) is 18.2. The van der Waals surface area contributed by atoms with Gasteiger partial charge in [-0.1, -0.05) is 77.1 Å². The highest BCUT2D eigenvalue weighted by molar-refractivity contribution is 9.10. The average Bonchev–Trinajstić information content (AvgIpc) is 2.70. The Kier molecular flexibility index (Phi) is 5.58. The topological polar surface area (TPSA) is 18.5 Å². The van der Waals surface area contributed by atoms with Crippen molar-refractivity contribution in [3.63, 3.8) is 0 Å². The van der Waals surface area contributed by atoms with Crippen LogP contribution in [0.5, 0.6) is 0 Å². The summed E-state index contributed by atoms with van der Waals surface area (Å²) in [5, 5.41) is 4.95. The van der Waals surface area contributed by atoms with Crippen molar-refractivity contribution in [2.75, 3.05) is 26.2 Å². The Morgan fingerprint density at radius 3 is 2.48 bits per heavy atom. The molecule has 1 saturated heterocycles. The Balaban J connectivity index is 1.34. The number of benzene rings is 3. The van der Waals surface area contributed by atoms with Gasteiger partial charge in [-0.05, 0) is 34.0 Å². The molecular formula is C23H24BrN3. The molecule has 0 atom stereocenters. The maximum atomic E-state index is 4.19. The van der Waals surface area contributed by atoms with Crippen molar-refractivity contribution < 1.29 is 0 Å². The maximum absolute atomic E-state index is 4.19. The predicted molar refractivity (Wildman–Crippen MR) is 117 cm³/mol. The monoisotopic (exact) mass is 421 g/mol. The largest absolute Gasteiger partial charge is 0.319 e. The molecular weight excluding hydrogens is 398 g/mol. The van der Waals surface area contributed by atoms with Crippen LogP contribution in [0.2, 0.25) is 0 Å². The fourth-order valence-corrected chi connectivity index (χ4v) is 4.02. The minimum atomic E-state index is 0.943. The Hall–Kier alpha value is -2.14. The molecule has 3 nitrogen and oxygen atoms in total. The molecule has 0 amide bonds. The van der Waals surface area contributed by atoms with Gasteiger partial charge in [-0.25, -0.2) is 5.01 Å². The molecule has 0 bridgehead atoms. The van der Waals surface area contributed by atoms with E-state index in [2.05, 4.69) is 92.4 Å². The Bertz CT molecular complexity index is 940. The van der Waals surface area contributed by atoms with Gasteiger partial charge in [0, 0.05) is 42.9 Å². The molecule has 0 saturated carbocycles. The lowest BCUT2D eigenvalue weighted by Crippen LogP contribution is -2.50. The minimum Gasteiger partial charge on any atom is -0.319 e. The molecule has 1 aliphatic rings. The second-order valence-corrected chi connectivity index (χ2v) is 7.92. The van der Waals surface area contributed by atoms with Gasteiger partial charge in [0.1, 0.15) is 0 Å². The summed E-state index contributed by atoms with van der Waals surface area (Å²) in [6, 6.07) is 23.5. The Labute approximate surface area is 169 Å². The van der Waals surface area contributed by atoms with Crippen LogP contribution in [0, 0.1) is 0 Å². The fourth-order valence-electron chi connectivity index (χ4n) is 3.62. The second-order valence-electron chi connectivity index (χ2n) is 7.00. The van der Waals surface area contributed by atoms with Crippen molar-refractivity contribution in [1.29, 1.82) is 0 Å². The average molecular weight is 422 g/mol. The van der Waals surface area contributed by atoms with E-state index >= 15 is 0 Å². The van der Waals surface area contributed by atoms with Gasteiger partial charge in [-0.3, -0.25) is 4.90 Å². The molecule has 3 aromatic rings. The van der Waals surface area contributed by atoms with Crippen LogP contribution < -0.4 is 5.43 Å². The highest BCUT2D eigenvalue weighted by Gasteiger charge is 2.18. The number of nitrogens with one attached hydrogen (secondary N) is 1. The van der Waals surface area contributed by atoms with E-state index in [1.54, 1.807) is 0 Å². The first-order chi connectivity index (χ1) is 13.2. The molecule has 138 valence electrons. The first-order valence-electron chi connectivity index (χ1n) is 9.34. The van der Waals surface area contributed by atoms with E-state index in [-0.39, 0.29) is 0 Å². The van der Waals surface area contributed by atoms with E-state index in [1.807, 2.05) is 12.1 Å².